The van der Waals surface area contributed by atoms with Crippen molar-refractivity contribution in [2.45, 2.75) is 13.0 Å². The van der Waals surface area contributed by atoms with E-state index in [0.29, 0.717) is 21.2 Å². The van der Waals surface area contributed by atoms with E-state index in [9.17, 15) is 9.59 Å². The van der Waals surface area contributed by atoms with Crippen LogP contribution in [0.1, 0.15) is 28.9 Å². The Kier molecular flexibility index (Phi) is 4.31. The van der Waals surface area contributed by atoms with Gasteiger partial charge in [-0.15, -0.1) is 0 Å². The second-order valence-corrected chi connectivity index (χ2v) is 5.83. The van der Waals surface area contributed by atoms with Gasteiger partial charge in [-0.1, -0.05) is 30.3 Å². The van der Waals surface area contributed by atoms with Crippen LogP contribution in [-0.4, -0.2) is 22.6 Å². The van der Waals surface area contributed by atoms with Crippen molar-refractivity contribution in [3.05, 3.63) is 74.8 Å². The van der Waals surface area contributed by atoms with Crippen LogP contribution in [0.4, 0.5) is 0 Å². The van der Waals surface area contributed by atoms with E-state index < -0.39 is 5.97 Å². The average molecular weight is 340 g/mol. The van der Waals surface area contributed by atoms with Crippen molar-refractivity contribution in [2.75, 3.05) is 7.11 Å². The first-order valence-electron chi connectivity index (χ1n) is 7.44. The van der Waals surface area contributed by atoms with E-state index in [1.54, 1.807) is 22.8 Å². The molecule has 1 atom stereocenters. The molecular weight excluding hydrogens is 324 g/mol. The lowest BCUT2D eigenvalue weighted by Gasteiger charge is -2.16. The third-order valence-electron chi connectivity index (χ3n) is 4.02. The van der Waals surface area contributed by atoms with Gasteiger partial charge in [0.1, 0.15) is 0 Å². The van der Waals surface area contributed by atoms with E-state index in [2.05, 4.69) is 4.98 Å². The van der Waals surface area contributed by atoms with Gasteiger partial charge in [0.25, 0.3) is 5.56 Å². The van der Waals surface area contributed by atoms with Crippen LogP contribution in [0.25, 0.3) is 10.9 Å². The minimum atomic E-state index is -0.460. The number of ether oxygens (including phenoxy) is 1. The molecule has 1 heterocycles. The lowest BCUT2D eigenvalue weighted by Crippen LogP contribution is -2.26. The van der Waals surface area contributed by atoms with Gasteiger partial charge in [0.15, 0.2) is 4.77 Å². The van der Waals surface area contributed by atoms with Crippen LogP contribution in [0, 0.1) is 4.77 Å². The summed E-state index contributed by atoms with van der Waals surface area (Å²) in [5.41, 5.74) is 1.68. The highest BCUT2D eigenvalue weighted by atomic mass is 32.1. The van der Waals surface area contributed by atoms with Crippen LogP contribution in [0.3, 0.4) is 0 Å². The van der Waals surface area contributed by atoms with Crippen LogP contribution < -0.4 is 5.56 Å². The maximum absolute atomic E-state index is 12.9. The van der Waals surface area contributed by atoms with Gasteiger partial charge in [-0.3, -0.25) is 9.36 Å². The molecule has 0 saturated heterocycles. The summed E-state index contributed by atoms with van der Waals surface area (Å²) in [5, 5.41) is 0.471. The topological polar surface area (TPSA) is 64.1 Å². The normalized spacial score (nSPS) is 12.1. The van der Waals surface area contributed by atoms with Crippen molar-refractivity contribution >= 4 is 29.1 Å². The molecule has 0 bridgehead atoms. The largest absolute Gasteiger partial charge is 0.465 e. The number of esters is 1. The monoisotopic (exact) mass is 340 g/mol. The molecule has 24 heavy (non-hydrogen) atoms. The van der Waals surface area contributed by atoms with Crippen LogP contribution in [0.2, 0.25) is 0 Å². The van der Waals surface area contributed by atoms with E-state index in [0.717, 1.165) is 5.56 Å². The number of benzene rings is 2. The standard InChI is InChI=1S/C18H16N2O3S/c1-11(12-6-4-3-5-7-12)20-16(21)14-9-8-13(17(22)23-2)10-15(14)19-18(20)24/h3-11H,1-2H3,(H,19,24)/t11-/m0/s1. The number of fused-ring (bicyclic) bond motifs is 1. The Morgan fingerprint density at radius 2 is 1.92 bits per heavy atom. The Balaban J connectivity index is 2.20. The number of carbonyl (C=O) groups excluding carboxylic acids is 1. The number of aromatic nitrogens is 2. The van der Waals surface area contributed by atoms with Gasteiger partial charge < -0.3 is 9.72 Å². The highest BCUT2D eigenvalue weighted by Gasteiger charge is 2.15. The first kappa shape index (κ1) is 16.1. The number of methoxy groups -OCH3 is 1. The van der Waals surface area contributed by atoms with Gasteiger partial charge in [-0.2, -0.15) is 0 Å². The predicted octanol–water partition coefficient (Wildman–Crippen LogP) is 3.45. The molecule has 5 nitrogen and oxygen atoms in total. The smallest absolute Gasteiger partial charge is 0.337 e. The average Bonchev–Trinajstić information content (AvgIpc) is 2.61. The molecule has 6 heteroatoms. The molecule has 0 unspecified atom stereocenters. The van der Waals surface area contributed by atoms with Crippen LogP contribution in [0.15, 0.2) is 53.3 Å². The highest BCUT2D eigenvalue weighted by molar-refractivity contribution is 7.71. The molecule has 0 amide bonds. The molecule has 0 fully saturated rings. The lowest BCUT2D eigenvalue weighted by atomic mass is 10.1. The van der Waals surface area contributed by atoms with Crippen LogP contribution in [-0.2, 0) is 4.74 Å². The van der Waals surface area contributed by atoms with Gasteiger partial charge in [-0.25, -0.2) is 4.79 Å². The van der Waals surface area contributed by atoms with Crippen LogP contribution >= 0.6 is 12.2 Å². The number of carbonyl (C=O) groups is 1. The van der Waals surface area contributed by atoms with Gasteiger partial charge in [0, 0.05) is 0 Å². The van der Waals surface area contributed by atoms with Crippen molar-refractivity contribution in [3.8, 4) is 0 Å². The molecule has 1 aromatic heterocycles. The van der Waals surface area contributed by atoms with E-state index in [1.807, 2.05) is 37.3 Å². The predicted molar refractivity (Wildman–Crippen MR) is 95.0 cm³/mol. The Bertz CT molecular complexity index is 1020. The molecular formula is C18H16N2O3S. The Morgan fingerprint density at radius 3 is 2.58 bits per heavy atom. The minimum absolute atomic E-state index is 0.193. The summed E-state index contributed by atoms with van der Waals surface area (Å²) in [7, 11) is 1.31. The molecule has 0 radical (unpaired) electrons. The van der Waals surface area contributed by atoms with Gasteiger partial charge >= 0.3 is 5.97 Å². The van der Waals surface area contributed by atoms with Crippen molar-refractivity contribution in [3.63, 3.8) is 0 Å². The molecule has 122 valence electrons. The van der Waals surface area contributed by atoms with E-state index in [1.165, 1.54) is 7.11 Å². The first-order chi connectivity index (χ1) is 11.5. The summed E-state index contributed by atoms with van der Waals surface area (Å²) in [6.45, 7) is 1.93. The third-order valence-corrected chi connectivity index (χ3v) is 4.32. The van der Waals surface area contributed by atoms with Gasteiger partial charge in [0.2, 0.25) is 0 Å². The summed E-state index contributed by atoms with van der Waals surface area (Å²) in [6.07, 6.45) is 0. The number of nitrogens with one attached hydrogen (secondary N) is 1. The maximum Gasteiger partial charge on any atom is 0.337 e. The van der Waals surface area contributed by atoms with Crippen LogP contribution in [0.5, 0.6) is 0 Å². The number of hydrogen-bond acceptors (Lipinski definition) is 4. The Labute approximate surface area is 143 Å². The molecule has 0 aliphatic carbocycles. The van der Waals surface area contributed by atoms with Crippen molar-refractivity contribution < 1.29 is 9.53 Å². The molecule has 3 rings (SSSR count). The molecule has 0 aliphatic heterocycles. The summed E-state index contributed by atoms with van der Waals surface area (Å²) in [4.78, 5) is 27.6. The van der Waals surface area contributed by atoms with Crippen molar-refractivity contribution in [1.82, 2.24) is 9.55 Å². The maximum atomic E-state index is 12.9. The fourth-order valence-corrected chi connectivity index (χ4v) is 3.06. The molecule has 0 spiro atoms. The SMILES string of the molecule is COC(=O)c1ccc2c(=O)n([C@@H](C)c3ccccc3)c(=S)[nH]c2c1. The zero-order chi connectivity index (χ0) is 17.3. The molecule has 2 aromatic carbocycles. The molecule has 1 N–H and O–H groups in total. The van der Waals surface area contributed by atoms with Gasteiger partial charge in [-0.05, 0) is 42.9 Å². The van der Waals surface area contributed by atoms with Crippen molar-refractivity contribution in [2.24, 2.45) is 0 Å². The quantitative estimate of drug-likeness (QED) is 0.586. The number of aromatic amines is 1. The summed E-state index contributed by atoms with van der Waals surface area (Å²) >= 11 is 5.37. The Morgan fingerprint density at radius 1 is 1.21 bits per heavy atom. The number of nitrogens with zero attached hydrogens (tertiary/aromatic N) is 1. The second kappa shape index (κ2) is 6.41. The molecule has 0 saturated carbocycles. The number of rotatable bonds is 3. The fraction of sp³-hybridized carbons (Fsp3) is 0.167. The number of hydrogen-bond donors (Lipinski definition) is 1. The summed E-state index contributed by atoms with van der Waals surface area (Å²) < 4.78 is 6.56. The van der Waals surface area contributed by atoms with Gasteiger partial charge in [0.05, 0.1) is 29.6 Å². The zero-order valence-electron chi connectivity index (χ0n) is 13.3. The van der Waals surface area contributed by atoms with E-state index >= 15 is 0 Å². The minimum Gasteiger partial charge on any atom is -0.465 e. The second-order valence-electron chi connectivity index (χ2n) is 5.44. The molecule has 3 aromatic rings. The Hall–Kier alpha value is -2.73. The molecule has 0 aliphatic rings. The van der Waals surface area contributed by atoms with E-state index in [-0.39, 0.29) is 11.6 Å². The van der Waals surface area contributed by atoms with Crippen molar-refractivity contribution in [1.29, 1.82) is 0 Å². The first-order valence-corrected chi connectivity index (χ1v) is 7.85. The zero-order valence-corrected chi connectivity index (χ0v) is 14.1. The summed E-state index contributed by atoms with van der Waals surface area (Å²) in [6, 6.07) is 14.2. The highest BCUT2D eigenvalue weighted by Crippen LogP contribution is 2.18. The van der Waals surface area contributed by atoms with E-state index in [4.69, 9.17) is 17.0 Å². The number of H-pyrrole nitrogens is 1. The fourth-order valence-electron chi connectivity index (χ4n) is 2.71. The summed E-state index contributed by atoms with van der Waals surface area (Å²) in [5.74, 6) is -0.460. The third kappa shape index (κ3) is 2.76. The lowest BCUT2D eigenvalue weighted by molar-refractivity contribution is 0.0601.